The van der Waals surface area contributed by atoms with Crippen LogP contribution in [-0.2, 0) is 4.79 Å². The van der Waals surface area contributed by atoms with Gasteiger partial charge in [-0.1, -0.05) is 301 Å². The third-order valence-corrected chi connectivity index (χ3v) is 12.9. The van der Waals surface area contributed by atoms with E-state index < -0.39 is 12.1 Å². The van der Waals surface area contributed by atoms with Crippen molar-refractivity contribution >= 4 is 5.91 Å². The van der Waals surface area contributed by atoms with Crippen molar-refractivity contribution in [2.45, 2.75) is 321 Å². The minimum Gasteiger partial charge on any atom is -0.394 e. The van der Waals surface area contributed by atoms with Crippen molar-refractivity contribution in [3.63, 3.8) is 0 Å². The lowest BCUT2D eigenvalue weighted by molar-refractivity contribution is -0.123. The summed E-state index contributed by atoms with van der Waals surface area (Å²) in [7, 11) is 0. The molecule has 0 heterocycles. The molecule has 1 amide bonds. The molecule has 0 saturated heterocycles. The minimum atomic E-state index is -0.856. The van der Waals surface area contributed by atoms with Crippen molar-refractivity contribution in [2.24, 2.45) is 0 Å². The standard InChI is InChI=1S/C56H109NO3/c1-3-5-7-9-11-13-14-15-16-17-18-19-20-21-22-23-24-25-26-27-28-29-30-31-32-33-34-35-36-37-38-39-40-41-42-43-44-46-48-50-52-56(60)57-54(53-58)55(59)51-49-47-45-12-10-8-6-4-2/h10,12,49,51,54-55,58-59H,3-9,11,13-48,50,52-53H2,1-2H3,(H,57,60)/b12-10+,51-49+. The van der Waals surface area contributed by atoms with Crippen molar-refractivity contribution in [3.05, 3.63) is 24.3 Å². The van der Waals surface area contributed by atoms with Crippen LogP contribution < -0.4 is 5.32 Å². The fraction of sp³-hybridized carbons (Fsp3) is 0.911. The molecule has 0 radical (unpaired) electrons. The fourth-order valence-electron chi connectivity index (χ4n) is 8.71. The lowest BCUT2D eigenvalue weighted by atomic mass is 10.0. The molecule has 0 rings (SSSR count). The lowest BCUT2D eigenvalue weighted by Crippen LogP contribution is -2.45. The number of aliphatic hydroxyl groups is 2. The molecule has 2 atom stereocenters. The Hall–Kier alpha value is -1.13. The highest BCUT2D eigenvalue weighted by molar-refractivity contribution is 5.76. The zero-order chi connectivity index (χ0) is 43.5. The van der Waals surface area contributed by atoms with Crippen LogP contribution in [0.4, 0.5) is 0 Å². The third-order valence-electron chi connectivity index (χ3n) is 12.9. The molecule has 0 aliphatic carbocycles. The molecule has 0 bridgehead atoms. The van der Waals surface area contributed by atoms with Gasteiger partial charge in [0.05, 0.1) is 18.8 Å². The summed E-state index contributed by atoms with van der Waals surface area (Å²) >= 11 is 0. The maximum absolute atomic E-state index is 12.3. The van der Waals surface area contributed by atoms with Gasteiger partial charge in [0.2, 0.25) is 5.91 Å². The van der Waals surface area contributed by atoms with E-state index in [2.05, 4.69) is 31.3 Å². The molecule has 0 aromatic carbocycles. The summed E-state index contributed by atoms with van der Waals surface area (Å²) in [5, 5.41) is 22.8. The predicted molar refractivity (Wildman–Crippen MR) is 267 cm³/mol. The average molecular weight is 844 g/mol. The van der Waals surface area contributed by atoms with Gasteiger partial charge in [-0.25, -0.2) is 0 Å². The van der Waals surface area contributed by atoms with Gasteiger partial charge in [0.15, 0.2) is 0 Å². The van der Waals surface area contributed by atoms with Crippen LogP contribution in [0.5, 0.6) is 0 Å². The number of aliphatic hydroxyl groups excluding tert-OH is 2. The van der Waals surface area contributed by atoms with Crippen LogP contribution in [0.25, 0.3) is 0 Å². The fourth-order valence-corrected chi connectivity index (χ4v) is 8.71. The molecule has 60 heavy (non-hydrogen) atoms. The van der Waals surface area contributed by atoms with E-state index in [0.717, 1.165) is 32.1 Å². The molecule has 356 valence electrons. The van der Waals surface area contributed by atoms with E-state index in [9.17, 15) is 15.0 Å². The first-order valence-electron chi connectivity index (χ1n) is 27.6. The van der Waals surface area contributed by atoms with E-state index in [4.69, 9.17) is 0 Å². The number of hydrogen-bond donors (Lipinski definition) is 3. The van der Waals surface area contributed by atoms with E-state index in [-0.39, 0.29) is 12.5 Å². The molecule has 0 saturated carbocycles. The maximum Gasteiger partial charge on any atom is 0.220 e. The van der Waals surface area contributed by atoms with Crippen molar-refractivity contribution in [2.75, 3.05) is 6.61 Å². The Morgan fingerprint density at radius 3 is 0.950 bits per heavy atom. The Morgan fingerprint density at radius 2 is 0.650 bits per heavy atom. The van der Waals surface area contributed by atoms with Crippen LogP contribution in [0.1, 0.15) is 309 Å². The number of allylic oxidation sites excluding steroid dienone is 3. The average Bonchev–Trinajstić information content (AvgIpc) is 3.25. The topological polar surface area (TPSA) is 69.6 Å². The molecule has 4 heteroatoms. The molecule has 0 aliphatic heterocycles. The molecular formula is C56H109NO3. The Bertz CT molecular complexity index is 871. The Kier molecular flexibility index (Phi) is 51.2. The van der Waals surface area contributed by atoms with Gasteiger partial charge in [-0.2, -0.15) is 0 Å². The Labute approximate surface area is 377 Å². The number of hydrogen-bond acceptors (Lipinski definition) is 3. The van der Waals surface area contributed by atoms with Gasteiger partial charge in [0.25, 0.3) is 0 Å². The van der Waals surface area contributed by atoms with E-state index >= 15 is 0 Å². The van der Waals surface area contributed by atoms with Crippen molar-refractivity contribution in [1.82, 2.24) is 5.32 Å². The lowest BCUT2D eigenvalue weighted by Gasteiger charge is -2.19. The summed E-state index contributed by atoms with van der Waals surface area (Å²) < 4.78 is 0. The summed E-state index contributed by atoms with van der Waals surface area (Å²) in [6.07, 6.45) is 69.6. The zero-order valence-electron chi connectivity index (χ0n) is 41.0. The SMILES string of the molecule is CCCC/C=C/CC/C=C/C(O)C(CO)NC(=O)CCCCCCCCCCCCCCCCCCCCCCCCCCCCCCCCCCCCCCCCCC. The Balaban J connectivity index is 3.29. The minimum absolute atomic E-state index is 0.0722. The smallest absolute Gasteiger partial charge is 0.220 e. The molecule has 4 nitrogen and oxygen atoms in total. The molecule has 0 aromatic rings. The number of amides is 1. The number of rotatable bonds is 51. The number of carbonyl (C=O) groups excluding carboxylic acids is 1. The largest absolute Gasteiger partial charge is 0.394 e. The molecule has 0 aliphatic rings. The van der Waals surface area contributed by atoms with Crippen LogP contribution in [0.3, 0.4) is 0 Å². The first kappa shape index (κ1) is 58.9. The molecular weight excluding hydrogens is 735 g/mol. The second-order valence-electron chi connectivity index (χ2n) is 19.0. The zero-order valence-corrected chi connectivity index (χ0v) is 41.0. The predicted octanol–water partition coefficient (Wildman–Crippen LogP) is 17.9. The summed E-state index contributed by atoms with van der Waals surface area (Å²) in [5.41, 5.74) is 0. The highest BCUT2D eigenvalue weighted by atomic mass is 16.3. The Morgan fingerprint density at radius 1 is 0.383 bits per heavy atom. The van der Waals surface area contributed by atoms with E-state index in [1.54, 1.807) is 6.08 Å². The molecule has 0 spiro atoms. The molecule has 2 unspecified atom stereocenters. The van der Waals surface area contributed by atoms with Crippen LogP contribution >= 0.6 is 0 Å². The van der Waals surface area contributed by atoms with Crippen LogP contribution in [-0.4, -0.2) is 34.9 Å². The van der Waals surface area contributed by atoms with Gasteiger partial charge in [-0.15, -0.1) is 0 Å². The van der Waals surface area contributed by atoms with Crippen molar-refractivity contribution in [3.8, 4) is 0 Å². The van der Waals surface area contributed by atoms with Crippen LogP contribution in [0.2, 0.25) is 0 Å². The summed E-state index contributed by atoms with van der Waals surface area (Å²) in [4.78, 5) is 12.3. The monoisotopic (exact) mass is 844 g/mol. The third kappa shape index (κ3) is 47.9. The van der Waals surface area contributed by atoms with Crippen LogP contribution in [0, 0.1) is 0 Å². The molecule has 0 fully saturated rings. The normalized spacial score (nSPS) is 12.9. The van der Waals surface area contributed by atoms with Gasteiger partial charge >= 0.3 is 0 Å². The summed E-state index contributed by atoms with van der Waals surface area (Å²) in [5.74, 6) is -0.0722. The van der Waals surface area contributed by atoms with Crippen LogP contribution in [0.15, 0.2) is 24.3 Å². The highest BCUT2D eigenvalue weighted by Crippen LogP contribution is 2.18. The van der Waals surface area contributed by atoms with Gasteiger partial charge in [0, 0.05) is 6.42 Å². The second kappa shape index (κ2) is 52.2. The molecule has 3 N–H and O–H groups in total. The number of nitrogens with one attached hydrogen (secondary N) is 1. The maximum atomic E-state index is 12.3. The van der Waals surface area contributed by atoms with Crippen molar-refractivity contribution in [1.29, 1.82) is 0 Å². The summed E-state index contributed by atoms with van der Waals surface area (Å²) in [6.45, 7) is 4.25. The first-order chi connectivity index (χ1) is 29.7. The van der Waals surface area contributed by atoms with E-state index in [0.29, 0.717) is 6.42 Å². The van der Waals surface area contributed by atoms with E-state index in [1.165, 1.54) is 257 Å². The highest BCUT2D eigenvalue weighted by Gasteiger charge is 2.18. The van der Waals surface area contributed by atoms with Gasteiger partial charge in [-0.3, -0.25) is 4.79 Å². The van der Waals surface area contributed by atoms with Crippen molar-refractivity contribution < 1.29 is 15.0 Å². The summed E-state index contributed by atoms with van der Waals surface area (Å²) in [6, 6.07) is -0.633. The number of carbonyl (C=O) groups is 1. The van der Waals surface area contributed by atoms with Gasteiger partial charge in [-0.05, 0) is 25.7 Å². The van der Waals surface area contributed by atoms with Gasteiger partial charge in [0.1, 0.15) is 0 Å². The second-order valence-corrected chi connectivity index (χ2v) is 19.0. The van der Waals surface area contributed by atoms with E-state index in [1.807, 2.05) is 6.08 Å². The number of unbranched alkanes of at least 4 members (excludes halogenated alkanes) is 42. The quantitative estimate of drug-likeness (QED) is 0.0422. The first-order valence-corrected chi connectivity index (χ1v) is 27.6. The molecule has 0 aromatic heterocycles. The van der Waals surface area contributed by atoms with Gasteiger partial charge < -0.3 is 15.5 Å².